The first-order chi connectivity index (χ1) is 8.48. The summed E-state index contributed by atoms with van der Waals surface area (Å²) < 4.78 is 5.32. The van der Waals surface area contributed by atoms with Crippen LogP contribution in [0.25, 0.3) is 0 Å². The lowest BCUT2D eigenvalue weighted by molar-refractivity contribution is 0.00940. The van der Waals surface area contributed by atoms with Gasteiger partial charge >= 0.3 is 6.03 Å². The fraction of sp³-hybridized carbons (Fsp3) is 0.929. The molecule has 0 saturated carbocycles. The van der Waals surface area contributed by atoms with Crippen molar-refractivity contribution in [2.45, 2.75) is 65.7 Å². The van der Waals surface area contributed by atoms with E-state index in [1.807, 2.05) is 41.5 Å². The van der Waals surface area contributed by atoms with Gasteiger partial charge in [-0.3, -0.25) is 0 Å². The number of hydrogen-bond donors (Lipinski definition) is 3. The Labute approximate surface area is 117 Å². The van der Waals surface area contributed by atoms with Crippen molar-refractivity contribution in [3.63, 3.8) is 0 Å². The van der Waals surface area contributed by atoms with Crippen LogP contribution >= 0.6 is 0 Å². The first kappa shape index (κ1) is 18.2. The van der Waals surface area contributed by atoms with E-state index in [0.717, 1.165) is 6.42 Å². The predicted octanol–water partition coefficient (Wildman–Crippen LogP) is 1.90. The number of carbonyl (C=O) groups is 1. The molecule has 5 nitrogen and oxygen atoms in total. The van der Waals surface area contributed by atoms with Gasteiger partial charge in [-0.15, -0.1) is 0 Å². The summed E-state index contributed by atoms with van der Waals surface area (Å²) in [7, 11) is 1.66. The molecule has 0 aromatic heterocycles. The third-order valence-corrected chi connectivity index (χ3v) is 3.18. The van der Waals surface area contributed by atoms with Crippen LogP contribution in [0.1, 0.15) is 48.0 Å². The predicted molar refractivity (Wildman–Crippen MR) is 77.2 cm³/mol. The molecule has 0 aliphatic carbocycles. The second-order valence-electron chi connectivity index (χ2n) is 6.81. The van der Waals surface area contributed by atoms with Gasteiger partial charge in [0.05, 0.1) is 11.7 Å². The van der Waals surface area contributed by atoms with E-state index < -0.39 is 6.10 Å². The Morgan fingerprint density at radius 3 is 2.21 bits per heavy atom. The molecule has 3 N–H and O–H groups in total. The molecule has 2 atom stereocenters. The largest absolute Gasteiger partial charge is 0.391 e. The Kier molecular flexibility index (Phi) is 6.80. The molecule has 0 aromatic carbocycles. The van der Waals surface area contributed by atoms with Crippen molar-refractivity contribution in [1.82, 2.24) is 10.6 Å². The summed E-state index contributed by atoms with van der Waals surface area (Å²) >= 11 is 0. The Hall–Kier alpha value is -0.810. The van der Waals surface area contributed by atoms with Gasteiger partial charge in [0.2, 0.25) is 0 Å². The van der Waals surface area contributed by atoms with Crippen LogP contribution in [0.2, 0.25) is 0 Å². The Balaban J connectivity index is 4.05. The van der Waals surface area contributed by atoms with Crippen LogP contribution in [0.4, 0.5) is 4.79 Å². The molecule has 0 saturated heterocycles. The monoisotopic (exact) mass is 274 g/mol. The number of rotatable bonds is 6. The first-order valence-corrected chi connectivity index (χ1v) is 6.75. The SMILES string of the molecule is COC(C)(C)CC(C)NC(=O)NCC(O)C(C)(C)C. The molecule has 19 heavy (non-hydrogen) atoms. The third kappa shape index (κ3) is 8.06. The van der Waals surface area contributed by atoms with Gasteiger partial charge in [-0.25, -0.2) is 4.79 Å². The molecule has 0 bridgehead atoms. The van der Waals surface area contributed by atoms with Crippen LogP contribution < -0.4 is 10.6 Å². The van der Waals surface area contributed by atoms with Crippen molar-refractivity contribution in [2.75, 3.05) is 13.7 Å². The number of aliphatic hydroxyl groups excluding tert-OH is 1. The summed E-state index contributed by atoms with van der Waals surface area (Å²) in [5.41, 5.74) is -0.505. The average molecular weight is 274 g/mol. The zero-order valence-electron chi connectivity index (χ0n) is 13.3. The van der Waals surface area contributed by atoms with Crippen molar-refractivity contribution < 1.29 is 14.6 Å². The smallest absolute Gasteiger partial charge is 0.315 e. The summed E-state index contributed by atoms with van der Waals surface area (Å²) in [6.07, 6.45) is 0.155. The van der Waals surface area contributed by atoms with Crippen molar-refractivity contribution in [2.24, 2.45) is 5.41 Å². The van der Waals surface area contributed by atoms with E-state index >= 15 is 0 Å². The fourth-order valence-corrected chi connectivity index (χ4v) is 1.64. The highest BCUT2D eigenvalue weighted by Crippen LogP contribution is 2.18. The van der Waals surface area contributed by atoms with Gasteiger partial charge < -0.3 is 20.5 Å². The molecule has 0 fully saturated rings. The van der Waals surface area contributed by atoms with E-state index in [9.17, 15) is 9.90 Å². The Morgan fingerprint density at radius 2 is 1.79 bits per heavy atom. The molecular formula is C14H30N2O3. The van der Waals surface area contributed by atoms with Gasteiger partial charge in [0.25, 0.3) is 0 Å². The minimum Gasteiger partial charge on any atom is -0.391 e. The molecule has 0 rings (SSSR count). The normalized spacial score (nSPS) is 15.8. The molecule has 0 aliphatic heterocycles. The third-order valence-electron chi connectivity index (χ3n) is 3.18. The molecule has 114 valence electrons. The number of methoxy groups -OCH3 is 1. The van der Waals surface area contributed by atoms with Crippen molar-refractivity contribution in [3.8, 4) is 0 Å². The Morgan fingerprint density at radius 1 is 1.26 bits per heavy atom. The van der Waals surface area contributed by atoms with E-state index in [2.05, 4.69) is 10.6 Å². The van der Waals surface area contributed by atoms with Gasteiger partial charge in [-0.1, -0.05) is 20.8 Å². The van der Waals surface area contributed by atoms with Crippen molar-refractivity contribution in [3.05, 3.63) is 0 Å². The minimum absolute atomic E-state index is 0.00160. The second kappa shape index (κ2) is 7.10. The molecule has 5 heteroatoms. The van der Waals surface area contributed by atoms with Gasteiger partial charge in [0, 0.05) is 19.7 Å². The number of ether oxygens (including phenoxy) is 1. The number of carbonyl (C=O) groups excluding carboxylic acids is 1. The van der Waals surface area contributed by atoms with E-state index in [-0.39, 0.29) is 29.6 Å². The molecule has 0 heterocycles. The van der Waals surface area contributed by atoms with Crippen LogP contribution in [0, 0.1) is 5.41 Å². The maximum Gasteiger partial charge on any atom is 0.315 e. The second-order valence-corrected chi connectivity index (χ2v) is 6.81. The summed E-state index contributed by atoms with van der Waals surface area (Å²) in [5.74, 6) is 0. The van der Waals surface area contributed by atoms with Gasteiger partial charge in [-0.2, -0.15) is 0 Å². The number of urea groups is 1. The standard InChI is InChI=1S/C14H30N2O3/c1-10(8-14(5,6)19-7)16-12(18)15-9-11(17)13(2,3)4/h10-11,17H,8-9H2,1-7H3,(H2,15,16,18). The highest BCUT2D eigenvalue weighted by molar-refractivity contribution is 5.74. The van der Waals surface area contributed by atoms with E-state index in [4.69, 9.17) is 4.74 Å². The average Bonchev–Trinajstić information content (AvgIpc) is 2.23. The zero-order valence-corrected chi connectivity index (χ0v) is 13.3. The maximum absolute atomic E-state index is 11.7. The summed E-state index contributed by atoms with van der Waals surface area (Å²) in [4.78, 5) is 11.7. The van der Waals surface area contributed by atoms with Crippen molar-refractivity contribution >= 4 is 6.03 Å². The van der Waals surface area contributed by atoms with Gasteiger partial charge in [-0.05, 0) is 32.6 Å². The summed E-state index contributed by atoms with van der Waals surface area (Å²) in [6, 6.07) is -0.260. The molecule has 2 unspecified atom stereocenters. The minimum atomic E-state index is -0.566. The quantitative estimate of drug-likeness (QED) is 0.693. The number of aliphatic hydroxyl groups is 1. The first-order valence-electron chi connectivity index (χ1n) is 6.75. The lowest BCUT2D eigenvalue weighted by atomic mass is 9.89. The van der Waals surface area contributed by atoms with Crippen LogP contribution in [-0.2, 0) is 4.74 Å². The lowest BCUT2D eigenvalue weighted by Gasteiger charge is -2.28. The number of hydrogen-bond acceptors (Lipinski definition) is 3. The van der Waals surface area contributed by atoms with E-state index in [0.29, 0.717) is 0 Å². The molecular weight excluding hydrogens is 244 g/mol. The van der Waals surface area contributed by atoms with Gasteiger partial charge in [0.1, 0.15) is 0 Å². The van der Waals surface area contributed by atoms with Crippen LogP contribution in [-0.4, -0.2) is 42.5 Å². The molecule has 2 amide bonds. The topological polar surface area (TPSA) is 70.6 Å². The van der Waals surface area contributed by atoms with Crippen LogP contribution in [0.3, 0.4) is 0 Å². The number of amides is 2. The Bertz CT molecular complexity index is 285. The highest BCUT2D eigenvalue weighted by atomic mass is 16.5. The molecule has 0 aliphatic rings. The van der Waals surface area contributed by atoms with E-state index in [1.165, 1.54) is 0 Å². The zero-order chi connectivity index (χ0) is 15.3. The lowest BCUT2D eigenvalue weighted by Crippen LogP contribution is -2.47. The van der Waals surface area contributed by atoms with Crippen molar-refractivity contribution in [1.29, 1.82) is 0 Å². The summed E-state index contributed by atoms with van der Waals surface area (Å²) in [5, 5.41) is 15.3. The van der Waals surface area contributed by atoms with Gasteiger partial charge in [0.15, 0.2) is 0 Å². The van der Waals surface area contributed by atoms with E-state index in [1.54, 1.807) is 7.11 Å². The fourth-order valence-electron chi connectivity index (χ4n) is 1.64. The molecule has 0 radical (unpaired) electrons. The van der Waals surface area contributed by atoms with Crippen LogP contribution in [0.15, 0.2) is 0 Å². The summed E-state index contributed by atoms with van der Waals surface area (Å²) in [6.45, 7) is 11.9. The van der Waals surface area contributed by atoms with Crippen LogP contribution in [0.5, 0.6) is 0 Å². The number of nitrogens with one attached hydrogen (secondary N) is 2. The molecule has 0 aromatic rings. The highest BCUT2D eigenvalue weighted by Gasteiger charge is 2.24. The molecule has 0 spiro atoms. The maximum atomic E-state index is 11.7.